The summed E-state index contributed by atoms with van der Waals surface area (Å²) in [6.45, 7) is 1.37. The van der Waals surface area contributed by atoms with E-state index in [1.165, 1.54) is 11.1 Å². The average Bonchev–Trinajstić information content (AvgIpc) is 3.49. The quantitative estimate of drug-likeness (QED) is 0.715. The third-order valence-electron chi connectivity index (χ3n) is 6.12. The number of carbonyl (C=O) groups excluding carboxylic acids is 1. The van der Waals surface area contributed by atoms with E-state index in [1.807, 2.05) is 60.8 Å². The molecule has 0 radical (unpaired) electrons. The summed E-state index contributed by atoms with van der Waals surface area (Å²) in [6.07, 6.45) is 7.32. The SMILES string of the molecule is O=C(c1cccc(OCc2ccccc2)c1)N(C1CC1)C1CCC2=C(C=NC2)C1. The second-order valence-corrected chi connectivity index (χ2v) is 8.24. The van der Waals surface area contributed by atoms with Crippen LogP contribution in [0.2, 0.25) is 0 Å². The van der Waals surface area contributed by atoms with Crippen LogP contribution in [0.25, 0.3) is 0 Å². The summed E-state index contributed by atoms with van der Waals surface area (Å²) in [4.78, 5) is 20.0. The lowest BCUT2D eigenvalue weighted by Gasteiger charge is -2.35. The van der Waals surface area contributed by atoms with Crippen LogP contribution in [0, 0.1) is 0 Å². The van der Waals surface area contributed by atoms with Gasteiger partial charge in [-0.1, -0.05) is 36.4 Å². The fourth-order valence-electron chi connectivity index (χ4n) is 4.42. The maximum Gasteiger partial charge on any atom is 0.254 e. The molecular formula is C25H26N2O2. The second-order valence-electron chi connectivity index (χ2n) is 8.24. The van der Waals surface area contributed by atoms with Crippen molar-refractivity contribution < 1.29 is 9.53 Å². The van der Waals surface area contributed by atoms with Crippen LogP contribution in [0.5, 0.6) is 5.75 Å². The molecule has 1 atom stereocenters. The summed E-state index contributed by atoms with van der Waals surface area (Å²) < 4.78 is 5.95. The van der Waals surface area contributed by atoms with Gasteiger partial charge in [0, 0.05) is 23.9 Å². The van der Waals surface area contributed by atoms with Gasteiger partial charge in [0.15, 0.2) is 0 Å². The van der Waals surface area contributed by atoms with E-state index < -0.39 is 0 Å². The first-order valence-electron chi connectivity index (χ1n) is 10.6. The molecule has 1 aliphatic heterocycles. The topological polar surface area (TPSA) is 41.9 Å². The molecule has 3 aliphatic rings. The van der Waals surface area contributed by atoms with Crippen LogP contribution in [0.3, 0.4) is 0 Å². The Morgan fingerprint density at radius 2 is 1.90 bits per heavy atom. The number of benzene rings is 2. The third kappa shape index (κ3) is 3.98. The monoisotopic (exact) mass is 386 g/mol. The summed E-state index contributed by atoms with van der Waals surface area (Å²) >= 11 is 0. The van der Waals surface area contributed by atoms with Crippen molar-refractivity contribution in [2.24, 2.45) is 4.99 Å². The van der Waals surface area contributed by atoms with Gasteiger partial charge >= 0.3 is 0 Å². The highest BCUT2D eigenvalue weighted by molar-refractivity contribution is 5.95. The molecule has 2 aromatic carbocycles. The molecule has 4 nitrogen and oxygen atoms in total. The van der Waals surface area contributed by atoms with E-state index in [0.29, 0.717) is 12.6 Å². The Bertz CT molecular complexity index is 960. The van der Waals surface area contributed by atoms with E-state index in [-0.39, 0.29) is 11.9 Å². The molecule has 0 saturated heterocycles. The highest BCUT2D eigenvalue weighted by Crippen LogP contribution is 2.37. The van der Waals surface area contributed by atoms with Gasteiger partial charge in [0.05, 0.1) is 6.54 Å². The van der Waals surface area contributed by atoms with Crippen molar-refractivity contribution in [2.45, 2.75) is 50.8 Å². The first-order chi connectivity index (χ1) is 14.3. The number of ether oxygens (including phenoxy) is 1. The molecule has 0 spiro atoms. The molecule has 1 amide bonds. The number of rotatable bonds is 6. The molecule has 2 aliphatic carbocycles. The van der Waals surface area contributed by atoms with Gasteiger partial charge in [-0.3, -0.25) is 9.79 Å². The zero-order chi connectivity index (χ0) is 19.6. The minimum Gasteiger partial charge on any atom is -0.489 e. The van der Waals surface area contributed by atoms with Crippen LogP contribution >= 0.6 is 0 Å². The van der Waals surface area contributed by atoms with Crippen LogP contribution in [-0.4, -0.2) is 35.7 Å². The summed E-state index contributed by atoms with van der Waals surface area (Å²) in [6, 6.07) is 18.4. The predicted octanol–water partition coefficient (Wildman–Crippen LogP) is 4.80. The molecule has 1 saturated carbocycles. The summed E-state index contributed by atoms with van der Waals surface area (Å²) in [5, 5.41) is 0. The number of amides is 1. The molecule has 1 heterocycles. The summed E-state index contributed by atoms with van der Waals surface area (Å²) in [7, 11) is 0. The molecular weight excluding hydrogens is 360 g/mol. The summed E-state index contributed by atoms with van der Waals surface area (Å²) in [5.74, 6) is 0.883. The molecule has 2 aromatic rings. The van der Waals surface area contributed by atoms with Crippen molar-refractivity contribution in [1.82, 2.24) is 4.90 Å². The minimum absolute atomic E-state index is 0.140. The Morgan fingerprint density at radius 1 is 1.03 bits per heavy atom. The third-order valence-corrected chi connectivity index (χ3v) is 6.12. The molecule has 0 N–H and O–H groups in total. The summed E-state index contributed by atoms with van der Waals surface area (Å²) in [5.41, 5.74) is 4.68. The zero-order valence-electron chi connectivity index (χ0n) is 16.6. The zero-order valence-corrected chi connectivity index (χ0v) is 16.6. The van der Waals surface area contributed by atoms with Crippen molar-refractivity contribution in [2.75, 3.05) is 6.54 Å². The van der Waals surface area contributed by atoms with Crippen LogP contribution in [-0.2, 0) is 6.61 Å². The number of hydrogen-bond acceptors (Lipinski definition) is 3. The molecule has 1 fully saturated rings. The Hall–Kier alpha value is -2.88. The molecule has 0 aromatic heterocycles. The van der Waals surface area contributed by atoms with Crippen molar-refractivity contribution in [1.29, 1.82) is 0 Å². The van der Waals surface area contributed by atoms with Crippen molar-refractivity contribution >= 4 is 12.1 Å². The Balaban J connectivity index is 1.31. The molecule has 0 bridgehead atoms. The number of nitrogens with zero attached hydrogens (tertiary/aromatic N) is 2. The number of aliphatic imine (C=N–C) groups is 1. The van der Waals surface area contributed by atoms with Gasteiger partial charge in [0.2, 0.25) is 0 Å². The van der Waals surface area contributed by atoms with Gasteiger partial charge < -0.3 is 9.64 Å². The van der Waals surface area contributed by atoms with Crippen molar-refractivity contribution in [3.05, 3.63) is 76.9 Å². The maximum atomic E-state index is 13.5. The lowest BCUT2D eigenvalue weighted by Crippen LogP contribution is -2.43. The minimum atomic E-state index is 0.140. The second kappa shape index (κ2) is 7.86. The van der Waals surface area contributed by atoms with Gasteiger partial charge in [0.1, 0.15) is 12.4 Å². The molecule has 5 rings (SSSR count). The normalized spacial score (nSPS) is 20.5. The predicted molar refractivity (Wildman–Crippen MR) is 114 cm³/mol. The molecule has 1 unspecified atom stereocenters. The van der Waals surface area contributed by atoms with E-state index in [4.69, 9.17) is 4.74 Å². The fourth-order valence-corrected chi connectivity index (χ4v) is 4.42. The van der Waals surface area contributed by atoms with Crippen LogP contribution in [0.15, 0.2) is 70.7 Å². The Morgan fingerprint density at radius 3 is 2.72 bits per heavy atom. The Kier molecular flexibility index (Phi) is 4.92. The van der Waals surface area contributed by atoms with E-state index in [9.17, 15) is 4.79 Å². The van der Waals surface area contributed by atoms with Crippen LogP contribution in [0.1, 0.15) is 48.0 Å². The van der Waals surface area contributed by atoms with E-state index in [2.05, 4.69) is 9.89 Å². The fraction of sp³-hybridized carbons (Fsp3) is 0.360. The lowest BCUT2D eigenvalue weighted by molar-refractivity contribution is 0.0645. The maximum absolute atomic E-state index is 13.5. The average molecular weight is 386 g/mol. The molecule has 4 heteroatoms. The van der Waals surface area contributed by atoms with Gasteiger partial charge in [-0.25, -0.2) is 0 Å². The van der Waals surface area contributed by atoms with Crippen molar-refractivity contribution in [3.8, 4) is 5.75 Å². The number of hydrogen-bond donors (Lipinski definition) is 0. The lowest BCUT2D eigenvalue weighted by atomic mass is 9.88. The van der Waals surface area contributed by atoms with Gasteiger partial charge in [-0.2, -0.15) is 0 Å². The Labute approximate surface area is 171 Å². The highest BCUT2D eigenvalue weighted by Gasteiger charge is 2.39. The molecule has 29 heavy (non-hydrogen) atoms. The first-order valence-corrected chi connectivity index (χ1v) is 10.6. The van der Waals surface area contributed by atoms with Gasteiger partial charge in [-0.05, 0) is 67.0 Å². The smallest absolute Gasteiger partial charge is 0.254 e. The van der Waals surface area contributed by atoms with Crippen LogP contribution in [0.4, 0.5) is 0 Å². The molecule has 148 valence electrons. The van der Waals surface area contributed by atoms with Crippen LogP contribution < -0.4 is 4.74 Å². The van der Waals surface area contributed by atoms with E-state index in [0.717, 1.165) is 55.5 Å². The standard InChI is InChI=1S/C25H26N2O2/c28-25(19-7-4-8-24(14-19)29-17-18-5-2-1-3-6-18)27(22-11-12-22)23-10-9-20-15-26-16-21(20)13-23/h1-8,14,16,22-23H,9-13,15,17H2. The largest absolute Gasteiger partial charge is 0.489 e. The van der Waals surface area contributed by atoms with E-state index >= 15 is 0 Å². The number of carbonyl (C=O) groups is 1. The highest BCUT2D eigenvalue weighted by atomic mass is 16.5. The van der Waals surface area contributed by atoms with Crippen molar-refractivity contribution in [3.63, 3.8) is 0 Å². The van der Waals surface area contributed by atoms with Gasteiger partial charge in [-0.15, -0.1) is 0 Å². The van der Waals surface area contributed by atoms with E-state index in [1.54, 1.807) is 0 Å². The first kappa shape index (κ1) is 18.2. The van der Waals surface area contributed by atoms with Gasteiger partial charge in [0.25, 0.3) is 5.91 Å².